The molecule has 1 aromatic rings. The van der Waals surface area contributed by atoms with Gasteiger partial charge in [0.05, 0.1) is 18.5 Å². The molecule has 0 bridgehead atoms. The lowest BCUT2D eigenvalue weighted by molar-refractivity contribution is -0.00254. The summed E-state index contributed by atoms with van der Waals surface area (Å²) in [5.74, 6) is 0.208. The third-order valence-electron chi connectivity index (χ3n) is 3.13. The van der Waals surface area contributed by atoms with Gasteiger partial charge in [0.25, 0.3) is 0 Å². The zero-order valence-electron chi connectivity index (χ0n) is 10.9. The van der Waals surface area contributed by atoms with Crippen LogP contribution in [0.2, 0.25) is 0 Å². The highest BCUT2D eigenvalue weighted by Crippen LogP contribution is 2.25. The number of hydrogen-bond donors (Lipinski definition) is 0. The van der Waals surface area contributed by atoms with Crippen molar-refractivity contribution in [1.29, 1.82) is 0 Å². The first-order valence-corrected chi connectivity index (χ1v) is 8.78. The summed E-state index contributed by atoms with van der Waals surface area (Å²) in [7, 11) is -3.14. The van der Waals surface area contributed by atoms with Crippen molar-refractivity contribution in [2.45, 2.75) is 19.4 Å². The van der Waals surface area contributed by atoms with Crippen LogP contribution in [0.3, 0.4) is 0 Å². The molecule has 1 aliphatic heterocycles. The number of halogens is 1. The molecule has 0 saturated carbocycles. The zero-order valence-corrected chi connectivity index (χ0v) is 13.3. The van der Waals surface area contributed by atoms with Gasteiger partial charge in [0, 0.05) is 17.6 Å². The van der Waals surface area contributed by atoms with Gasteiger partial charge in [-0.25, -0.2) is 8.42 Å². The molecule has 1 fully saturated rings. The molecule has 19 heavy (non-hydrogen) atoms. The van der Waals surface area contributed by atoms with Gasteiger partial charge < -0.3 is 4.74 Å². The van der Waals surface area contributed by atoms with Gasteiger partial charge in [-0.15, -0.1) is 0 Å². The van der Waals surface area contributed by atoms with Gasteiger partial charge in [-0.05, 0) is 24.1 Å². The highest BCUT2D eigenvalue weighted by molar-refractivity contribution is 9.10. The molecule has 1 atom stereocenters. The van der Waals surface area contributed by atoms with Crippen molar-refractivity contribution in [1.82, 2.24) is 4.31 Å². The van der Waals surface area contributed by atoms with Crippen molar-refractivity contribution >= 4 is 26.0 Å². The van der Waals surface area contributed by atoms with E-state index < -0.39 is 10.0 Å². The van der Waals surface area contributed by atoms with Crippen LogP contribution >= 0.6 is 15.9 Å². The Hall–Kier alpha value is -0.430. The van der Waals surface area contributed by atoms with E-state index in [9.17, 15) is 8.42 Å². The minimum absolute atomic E-state index is 0.173. The van der Waals surface area contributed by atoms with Crippen molar-refractivity contribution in [2.75, 3.05) is 25.4 Å². The molecule has 1 unspecified atom stereocenters. The van der Waals surface area contributed by atoms with Crippen LogP contribution in [0.5, 0.6) is 0 Å². The van der Waals surface area contributed by atoms with Gasteiger partial charge in [-0.3, -0.25) is 0 Å². The van der Waals surface area contributed by atoms with Crippen molar-refractivity contribution in [3.8, 4) is 0 Å². The van der Waals surface area contributed by atoms with E-state index in [-0.39, 0.29) is 11.9 Å². The molecule has 1 aliphatic rings. The van der Waals surface area contributed by atoms with Crippen LogP contribution < -0.4 is 0 Å². The Balaban J connectivity index is 2.11. The zero-order chi connectivity index (χ0) is 13.9. The Kier molecular flexibility index (Phi) is 5.00. The van der Waals surface area contributed by atoms with E-state index in [2.05, 4.69) is 15.9 Å². The lowest BCUT2D eigenvalue weighted by Crippen LogP contribution is -2.43. The molecule has 4 nitrogen and oxygen atoms in total. The van der Waals surface area contributed by atoms with Crippen molar-refractivity contribution in [3.05, 3.63) is 34.3 Å². The first-order valence-electron chi connectivity index (χ1n) is 6.38. The molecule has 106 valence electrons. The molecule has 2 rings (SSSR count). The highest BCUT2D eigenvalue weighted by Gasteiger charge is 2.29. The van der Waals surface area contributed by atoms with Crippen molar-refractivity contribution in [3.63, 3.8) is 0 Å². The lowest BCUT2D eigenvalue weighted by Gasteiger charge is -2.32. The van der Waals surface area contributed by atoms with Crippen molar-refractivity contribution < 1.29 is 13.2 Å². The molecule has 0 aromatic heterocycles. The number of rotatable bonds is 4. The van der Waals surface area contributed by atoms with E-state index in [0.717, 1.165) is 10.0 Å². The van der Waals surface area contributed by atoms with Gasteiger partial charge in [-0.1, -0.05) is 35.0 Å². The number of benzene rings is 1. The minimum atomic E-state index is -3.14. The molecule has 0 radical (unpaired) electrons. The number of sulfonamides is 1. The number of ether oxygens (including phenoxy) is 1. The maximum absolute atomic E-state index is 12.1. The van der Waals surface area contributed by atoms with Crippen LogP contribution in [0.15, 0.2) is 28.7 Å². The summed E-state index contributed by atoms with van der Waals surface area (Å²) in [6.07, 6.45) is 0.469. The monoisotopic (exact) mass is 347 g/mol. The Morgan fingerprint density at radius 3 is 2.68 bits per heavy atom. The second kappa shape index (κ2) is 6.35. The van der Waals surface area contributed by atoms with E-state index in [1.54, 1.807) is 4.31 Å². The molecule has 0 amide bonds. The fourth-order valence-electron chi connectivity index (χ4n) is 2.14. The maximum Gasteiger partial charge on any atom is 0.214 e. The second-order valence-electron chi connectivity index (χ2n) is 4.59. The van der Waals surface area contributed by atoms with Crippen LogP contribution in [0.25, 0.3) is 0 Å². The third-order valence-corrected chi connectivity index (χ3v) is 5.70. The predicted octanol–water partition coefficient (Wildman–Crippen LogP) is 2.56. The topological polar surface area (TPSA) is 46.6 Å². The average molecular weight is 348 g/mol. The number of nitrogens with zero attached hydrogens (tertiary/aromatic N) is 1. The van der Waals surface area contributed by atoms with Gasteiger partial charge in [0.15, 0.2) is 0 Å². The summed E-state index contributed by atoms with van der Waals surface area (Å²) in [5.41, 5.74) is 1.01. The molecular formula is C13H18BrNO3S. The van der Waals surface area contributed by atoms with Crippen LogP contribution in [-0.4, -0.2) is 38.2 Å². The Bertz CT molecular complexity index is 515. The first-order chi connectivity index (χ1) is 9.03. The summed E-state index contributed by atoms with van der Waals surface area (Å²) in [5, 5.41) is 0. The first kappa shape index (κ1) is 15.0. The van der Waals surface area contributed by atoms with E-state index in [0.29, 0.717) is 26.1 Å². The second-order valence-corrected chi connectivity index (χ2v) is 7.59. The Morgan fingerprint density at radius 2 is 2.05 bits per heavy atom. The van der Waals surface area contributed by atoms with E-state index in [4.69, 9.17) is 4.74 Å². The molecular weight excluding hydrogens is 330 g/mol. The van der Waals surface area contributed by atoms with Crippen LogP contribution in [0.4, 0.5) is 0 Å². The van der Waals surface area contributed by atoms with Gasteiger partial charge in [-0.2, -0.15) is 4.31 Å². The summed E-state index contributed by atoms with van der Waals surface area (Å²) in [6.45, 7) is 3.19. The highest BCUT2D eigenvalue weighted by atomic mass is 79.9. The summed E-state index contributed by atoms with van der Waals surface area (Å²) >= 11 is 3.39. The quantitative estimate of drug-likeness (QED) is 0.840. The largest absolute Gasteiger partial charge is 0.371 e. The normalized spacial score (nSPS) is 21.5. The predicted molar refractivity (Wildman–Crippen MR) is 78.5 cm³/mol. The summed E-state index contributed by atoms with van der Waals surface area (Å²) in [6, 6.07) is 7.81. The smallest absolute Gasteiger partial charge is 0.214 e. The maximum atomic E-state index is 12.1. The van der Waals surface area contributed by atoms with Gasteiger partial charge in [0.2, 0.25) is 10.0 Å². The minimum Gasteiger partial charge on any atom is -0.371 e. The van der Waals surface area contributed by atoms with Crippen LogP contribution in [-0.2, 0) is 14.8 Å². The van der Waals surface area contributed by atoms with Crippen molar-refractivity contribution in [2.24, 2.45) is 0 Å². The molecule has 0 aliphatic carbocycles. The average Bonchev–Trinajstić information content (AvgIpc) is 2.40. The standard InChI is InChI=1S/C13H18BrNO3S/c1-2-9-19(16,17)15-7-8-18-13(10-15)11-3-5-12(14)6-4-11/h3-6,13H,2,7-10H2,1H3. The molecule has 0 N–H and O–H groups in total. The SMILES string of the molecule is CCCS(=O)(=O)N1CCOC(c2ccc(Br)cc2)C1. The van der Waals surface area contributed by atoms with E-state index in [1.165, 1.54) is 0 Å². The van der Waals surface area contributed by atoms with E-state index in [1.807, 2.05) is 31.2 Å². The fraction of sp³-hybridized carbons (Fsp3) is 0.538. The number of hydrogen-bond acceptors (Lipinski definition) is 3. The molecule has 6 heteroatoms. The van der Waals surface area contributed by atoms with Gasteiger partial charge >= 0.3 is 0 Å². The number of morpholine rings is 1. The summed E-state index contributed by atoms with van der Waals surface area (Å²) < 4.78 is 32.4. The molecule has 1 aromatic carbocycles. The lowest BCUT2D eigenvalue weighted by atomic mass is 10.1. The molecule has 0 spiro atoms. The van der Waals surface area contributed by atoms with E-state index >= 15 is 0 Å². The van der Waals surface area contributed by atoms with Gasteiger partial charge in [0.1, 0.15) is 0 Å². The summed E-state index contributed by atoms with van der Waals surface area (Å²) in [4.78, 5) is 0. The Labute approximate surface area is 122 Å². The fourth-order valence-corrected chi connectivity index (χ4v) is 3.90. The van der Waals surface area contributed by atoms with Crippen LogP contribution in [0.1, 0.15) is 25.0 Å². The third kappa shape index (κ3) is 3.78. The molecule has 1 saturated heterocycles. The van der Waals surface area contributed by atoms with Crippen LogP contribution in [0, 0.1) is 0 Å². The molecule has 1 heterocycles. The Morgan fingerprint density at radius 1 is 1.37 bits per heavy atom.